The molecule has 2 aromatic heterocycles. The van der Waals surface area contributed by atoms with E-state index < -0.39 is 0 Å². The van der Waals surface area contributed by atoms with Crippen molar-refractivity contribution < 1.29 is 0 Å². The van der Waals surface area contributed by atoms with Gasteiger partial charge in [-0.15, -0.1) is 0 Å². The minimum Gasteiger partial charge on any atom is -0.399 e. The average Bonchev–Trinajstić information content (AvgIpc) is 3.31. The lowest BCUT2D eigenvalue weighted by molar-refractivity contribution is 1.27. The fourth-order valence-corrected chi connectivity index (χ4v) is 7.49. The highest BCUT2D eigenvalue weighted by atomic mass is 35.5. The Morgan fingerprint density at radius 1 is 0.344 bits per heavy atom. The SMILES string of the molecule is Cc1ccccc1-c1ccc(N)cc1.Cc1ccccc1-c1ccc(Nc2nc3ccccc3nc2Nc2ccc(-c3ccccc3C)cc2)cc1.Clc1nc2ccccc2nc1Cl. The number of aryl methyl sites for hydroxylation is 3. The van der Waals surface area contributed by atoms with Crippen LogP contribution in [0.3, 0.4) is 0 Å². The van der Waals surface area contributed by atoms with E-state index in [-0.39, 0.29) is 10.3 Å². The Balaban J connectivity index is 0.000000174. The maximum Gasteiger partial charge on any atom is 0.174 e. The number of para-hydroxylation sites is 4. The lowest BCUT2D eigenvalue weighted by Gasteiger charge is -2.15. The summed E-state index contributed by atoms with van der Waals surface area (Å²) in [6, 6.07) is 65.4. The van der Waals surface area contributed by atoms with Gasteiger partial charge in [0.15, 0.2) is 21.9 Å². The Morgan fingerprint density at radius 2 is 0.625 bits per heavy atom. The molecule has 0 unspecified atom stereocenters. The molecule has 0 amide bonds. The Morgan fingerprint density at radius 3 is 0.953 bits per heavy atom. The number of nitrogen functional groups attached to an aromatic ring is 1. The number of fused-ring (bicyclic) bond motifs is 2. The van der Waals surface area contributed by atoms with E-state index in [0.717, 1.165) is 39.1 Å². The maximum absolute atomic E-state index is 5.68. The number of nitrogens with two attached hydrogens (primary N) is 1. The number of nitrogens with one attached hydrogen (secondary N) is 2. The molecule has 0 aliphatic rings. The van der Waals surface area contributed by atoms with Crippen LogP contribution in [0, 0.1) is 20.8 Å². The van der Waals surface area contributed by atoms with Gasteiger partial charge in [0, 0.05) is 17.1 Å². The van der Waals surface area contributed by atoms with Crippen molar-refractivity contribution in [3.05, 3.63) is 221 Å². The standard InChI is InChI=1S/C34H28N4.C13H13N.C8H4Cl2N2/c1-23-9-3-5-11-29(23)25-15-19-27(20-16-25)35-33-34(38-32-14-8-7-13-31(32)37-33)36-28-21-17-26(18-22-28)30-12-6-4-10-24(30)2;1-10-4-2-3-5-13(10)11-6-8-12(14)9-7-11;9-7-8(10)12-6-4-2-1-3-5(6)11-7/h3-22H,1-2H3,(H,35,37)(H,36,38);2-9H,14H2,1H3;1-4H. The van der Waals surface area contributed by atoms with E-state index in [9.17, 15) is 0 Å². The number of nitrogens with zero attached hydrogens (tertiary/aromatic N) is 4. The summed E-state index contributed by atoms with van der Waals surface area (Å²) in [5.41, 5.74) is 22.7. The van der Waals surface area contributed by atoms with Crippen LogP contribution in [0.2, 0.25) is 10.3 Å². The van der Waals surface area contributed by atoms with Gasteiger partial charge >= 0.3 is 0 Å². The van der Waals surface area contributed by atoms with Crippen LogP contribution < -0.4 is 16.4 Å². The molecule has 4 N–H and O–H groups in total. The number of aromatic nitrogens is 4. The van der Waals surface area contributed by atoms with Crippen molar-refractivity contribution in [1.29, 1.82) is 0 Å². The van der Waals surface area contributed by atoms with Crippen molar-refractivity contribution in [2.24, 2.45) is 0 Å². The highest BCUT2D eigenvalue weighted by Crippen LogP contribution is 2.32. The molecule has 0 aliphatic carbocycles. The first-order valence-electron chi connectivity index (χ1n) is 20.8. The molecule has 64 heavy (non-hydrogen) atoms. The average molecular weight is 875 g/mol. The van der Waals surface area contributed by atoms with Gasteiger partial charge in [-0.25, -0.2) is 19.9 Å². The van der Waals surface area contributed by atoms with Gasteiger partial charge in [0.1, 0.15) is 0 Å². The number of benzene rings is 8. The lowest BCUT2D eigenvalue weighted by Crippen LogP contribution is -2.03. The molecule has 0 saturated carbocycles. The highest BCUT2D eigenvalue weighted by Gasteiger charge is 2.12. The Bertz CT molecular complexity index is 3000. The number of hydrogen-bond acceptors (Lipinski definition) is 7. The molecular weight excluding hydrogens is 830 g/mol. The van der Waals surface area contributed by atoms with Crippen LogP contribution in [-0.2, 0) is 0 Å². The number of halogens is 2. The molecule has 10 aromatic rings. The topological polar surface area (TPSA) is 102 Å². The smallest absolute Gasteiger partial charge is 0.174 e. The van der Waals surface area contributed by atoms with Crippen molar-refractivity contribution in [2.75, 3.05) is 16.4 Å². The van der Waals surface area contributed by atoms with Gasteiger partial charge in [-0.1, -0.05) is 157 Å². The lowest BCUT2D eigenvalue weighted by atomic mass is 10.0. The third-order valence-corrected chi connectivity index (χ3v) is 11.3. The molecule has 10 rings (SSSR count). The molecule has 0 bridgehead atoms. The van der Waals surface area contributed by atoms with Gasteiger partial charge in [0.25, 0.3) is 0 Å². The van der Waals surface area contributed by atoms with E-state index in [2.05, 4.69) is 175 Å². The van der Waals surface area contributed by atoms with Crippen molar-refractivity contribution in [1.82, 2.24) is 19.9 Å². The monoisotopic (exact) mass is 873 g/mol. The minimum atomic E-state index is 0.246. The zero-order valence-electron chi connectivity index (χ0n) is 35.6. The molecule has 314 valence electrons. The molecule has 0 radical (unpaired) electrons. The predicted molar refractivity (Wildman–Crippen MR) is 270 cm³/mol. The maximum atomic E-state index is 5.68. The molecule has 0 atom stereocenters. The van der Waals surface area contributed by atoms with E-state index in [4.69, 9.17) is 38.9 Å². The van der Waals surface area contributed by atoms with Crippen molar-refractivity contribution >= 4 is 74.0 Å². The van der Waals surface area contributed by atoms with Crippen molar-refractivity contribution in [3.63, 3.8) is 0 Å². The van der Waals surface area contributed by atoms with E-state index in [0.29, 0.717) is 11.6 Å². The predicted octanol–water partition coefficient (Wildman–Crippen LogP) is 15.2. The molecule has 8 aromatic carbocycles. The molecule has 7 nitrogen and oxygen atoms in total. The summed E-state index contributed by atoms with van der Waals surface area (Å²) in [5, 5.41) is 7.47. The third kappa shape index (κ3) is 10.5. The first kappa shape index (κ1) is 43.1. The normalized spacial score (nSPS) is 10.6. The van der Waals surface area contributed by atoms with Gasteiger partial charge in [-0.3, -0.25) is 0 Å². The summed E-state index contributed by atoms with van der Waals surface area (Å²) in [7, 11) is 0. The largest absolute Gasteiger partial charge is 0.399 e. The third-order valence-electron chi connectivity index (χ3n) is 10.6. The van der Waals surface area contributed by atoms with E-state index in [1.807, 2.05) is 60.7 Å². The van der Waals surface area contributed by atoms with E-state index in [1.54, 1.807) is 0 Å². The first-order chi connectivity index (χ1) is 31.2. The Labute approximate surface area is 383 Å². The van der Waals surface area contributed by atoms with E-state index in [1.165, 1.54) is 50.1 Å². The summed E-state index contributed by atoms with van der Waals surface area (Å²) in [6.07, 6.45) is 0. The molecule has 0 saturated heterocycles. The van der Waals surface area contributed by atoms with Crippen LogP contribution in [0.4, 0.5) is 28.7 Å². The van der Waals surface area contributed by atoms with Crippen LogP contribution in [0.5, 0.6) is 0 Å². The Kier molecular flexibility index (Phi) is 13.5. The second-order valence-electron chi connectivity index (χ2n) is 15.2. The summed E-state index contributed by atoms with van der Waals surface area (Å²) in [5.74, 6) is 1.35. The van der Waals surface area contributed by atoms with E-state index >= 15 is 0 Å². The van der Waals surface area contributed by atoms with Crippen LogP contribution in [-0.4, -0.2) is 19.9 Å². The van der Waals surface area contributed by atoms with Gasteiger partial charge < -0.3 is 16.4 Å². The fraction of sp³-hybridized carbons (Fsp3) is 0.0545. The summed E-state index contributed by atoms with van der Waals surface area (Å²) >= 11 is 11.4. The second kappa shape index (κ2) is 20.1. The summed E-state index contributed by atoms with van der Waals surface area (Å²) in [6.45, 7) is 6.39. The van der Waals surface area contributed by atoms with Gasteiger partial charge in [0.05, 0.1) is 22.1 Å². The number of rotatable bonds is 7. The molecule has 0 aliphatic heterocycles. The zero-order valence-corrected chi connectivity index (χ0v) is 37.1. The van der Waals surface area contributed by atoms with Crippen LogP contribution >= 0.6 is 23.2 Å². The van der Waals surface area contributed by atoms with Crippen LogP contribution in [0.1, 0.15) is 16.7 Å². The number of hydrogen-bond donors (Lipinski definition) is 3. The van der Waals surface area contributed by atoms with Crippen molar-refractivity contribution in [3.8, 4) is 33.4 Å². The Hall–Kier alpha value is -7.58. The molecule has 2 heterocycles. The molecule has 0 fully saturated rings. The number of anilines is 5. The molecule has 0 spiro atoms. The summed E-state index contributed by atoms with van der Waals surface area (Å²) in [4.78, 5) is 17.9. The van der Waals surface area contributed by atoms with Crippen LogP contribution in [0.15, 0.2) is 194 Å². The van der Waals surface area contributed by atoms with Gasteiger partial charge in [-0.05, 0) is 132 Å². The zero-order chi connectivity index (χ0) is 44.4. The quantitative estimate of drug-likeness (QED) is 0.137. The molecular formula is C55H45Cl2N7. The fourth-order valence-electron chi connectivity index (χ4n) is 7.22. The second-order valence-corrected chi connectivity index (χ2v) is 15.9. The van der Waals surface area contributed by atoms with Gasteiger partial charge in [-0.2, -0.15) is 0 Å². The first-order valence-corrected chi connectivity index (χ1v) is 21.6. The molecule has 9 heteroatoms. The highest BCUT2D eigenvalue weighted by molar-refractivity contribution is 6.40. The van der Waals surface area contributed by atoms with Crippen LogP contribution in [0.25, 0.3) is 55.4 Å². The summed E-state index contributed by atoms with van der Waals surface area (Å²) < 4.78 is 0. The van der Waals surface area contributed by atoms with Crippen molar-refractivity contribution in [2.45, 2.75) is 20.8 Å². The van der Waals surface area contributed by atoms with Gasteiger partial charge in [0.2, 0.25) is 0 Å². The minimum absolute atomic E-state index is 0.246.